The number of para-hydroxylation sites is 1. The Balaban J connectivity index is 1.74. The molecule has 0 saturated carbocycles. The van der Waals surface area contributed by atoms with E-state index in [2.05, 4.69) is 15.9 Å². The van der Waals surface area contributed by atoms with Crippen LogP contribution in [0.2, 0.25) is 0 Å². The van der Waals surface area contributed by atoms with Crippen LogP contribution in [0.3, 0.4) is 0 Å². The van der Waals surface area contributed by atoms with E-state index in [1.54, 1.807) is 11.0 Å². The van der Waals surface area contributed by atoms with Crippen LogP contribution in [0.15, 0.2) is 89.4 Å². The Hall–Kier alpha value is -2.98. The van der Waals surface area contributed by atoms with Crippen molar-refractivity contribution in [3.63, 3.8) is 0 Å². The summed E-state index contributed by atoms with van der Waals surface area (Å²) in [6.07, 6.45) is 2.11. The summed E-state index contributed by atoms with van der Waals surface area (Å²) in [6.45, 7) is 0. The lowest BCUT2D eigenvalue weighted by Gasteiger charge is -2.41. The highest BCUT2D eigenvalue weighted by atomic mass is 79.9. The molecule has 1 atom stereocenters. The highest BCUT2D eigenvalue weighted by molar-refractivity contribution is 9.10. The van der Waals surface area contributed by atoms with E-state index in [0.717, 1.165) is 21.2 Å². The van der Waals surface area contributed by atoms with Gasteiger partial charge in [0.15, 0.2) is 5.78 Å². The van der Waals surface area contributed by atoms with Crippen molar-refractivity contribution in [2.45, 2.75) is 12.0 Å². The van der Waals surface area contributed by atoms with Crippen LogP contribution in [-0.2, 0) is 10.3 Å². The van der Waals surface area contributed by atoms with Crippen molar-refractivity contribution < 1.29 is 9.59 Å². The van der Waals surface area contributed by atoms with Gasteiger partial charge in [-0.25, -0.2) is 0 Å². The number of hydrogen-bond donors (Lipinski definition) is 0. The van der Waals surface area contributed by atoms with E-state index in [4.69, 9.17) is 0 Å². The molecule has 1 amide bonds. The van der Waals surface area contributed by atoms with Crippen LogP contribution in [-0.4, -0.2) is 11.7 Å². The van der Waals surface area contributed by atoms with Gasteiger partial charge in [-0.1, -0.05) is 70.5 Å². The zero-order valence-electron chi connectivity index (χ0n) is 14.9. The molecule has 2 aliphatic rings. The lowest BCUT2D eigenvalue weighted by molar-refractivity contribution is -0.115. The molecule has 5 rings (SSSR count). The van der Waals surface area contributed by atoms with E-state index >= 15 is 0 Å². The minimum absolute atomic E-state index is 0.0228. The number of carbonyl (C=O) groups is 2. The first-order chi connectivity index (χ1) is 13.6. The fraction of sp³-hybridized carbons (Fsp3) is 0.0833. The second-order valence-electron chi connectivity index (χ2n) is 7.10. The number of amides is 1. The summed E-state index contributed by atoms with van der Waals surface area (Å²) < 4.78 is 0.975. The number of anilines is 1. The summed E-state index contributed by atoms with van der Waals surface area (Å²) in [7, 11) is 0. The van der Waals surface area contributed by atoms with E-state index < -0.39 is 5.54 Å². The summed E-state index contributed by atoms with van der Waals surface area (Å²) in [6, 6.07) is 24.9. The zero-order chi connectivity index (χ0) is 19.3. The average Bonchev–Trinajstić information content (AvgIpc) is 2.99. The van der Waals surface area contributed by atoms with Gasteiger partial charge >= 0.3 is 0 Å². The number of carbonyl (C=O) groups excluding carboxylic acids is 2. The molecule has 0 unspecified atom stereocenters. The van der Waals surface area contributed by atoms with E-state index in [1.165, 1.54) is 0 Å². The predicted octanol–water partition coefficient (Wildman–Crippen LogP) is 5.36. The molecular weight excluding hydrogens is 414 g/mol. The van der Waals surface area contributed by atoms with Crippen LogP contribution < -0.4 is 4.90 Å². The molecule has 0 fully saturated rings. The number of hydrogen-bond acceptors (Lipinski definition) is 2. The second kappa shape index (κ2) is 6.28. The number of rotatable bonds is 2. The van der Waals surface area contributed by atoms with Crippen LogP contribution in [0, 0.1) is 0 Å². The van der Waals surface area contributed by atoms with Crippen LogP contribution >= 0.6 is 15.9 Å². The maximum Gasteiger partial charge on any atom is 0.252 e. The molecule has 0 aliphatic carbocycles. The Bertz CT molecular complexity index is 1130. The first-order valence-electron chi connectivity index (χ1n) is 9.11. The Morgan fingerprint density at radius 2 is 1.50 bits per heavy atom. The van der Waals surface area contributed by atoms with Crippen molar-refractivity contribution in [2.24, 2.45) is 0 Å². The van der Waals surface area contributed by atoms with Gasteiger partial charge in [0.2, 0.25) is 0 Å². The standard InChI is InChI=1S/C24H16BrNO2/c25-19-12-10-16(11-13-19)17-14-22(27)26-21-9-5-4-8-20(21)23(28)24(26,15-17)18-6-2-1-3-7-18/h1-14H,15H2/t24-/m0/s1. The number of halogens is 1. The van der Waals surface area contributed by atoms with Crippen LogP contribution in [0.5, 0.6) is 0 Å². The first-order valence-corrected chi connectivity index (χ1v) is 9.90. The van der Waals surface area contributed by atoms with Crippen molar-refractivity contribution in [2.75, 3.05) is 4.90 Å². The molecule has 4 heteroatoms. The molecule has 0 radical (unpaired) electrons. The Labute approximate surface area is 171 Å². The van der Waals surface area contributed by atoms with Gasteiger partial charge in [0.05, 0.1) is 5.69 Å². The summed E-state index contributed by atoms with van der Waals surface area (Å²) in [4.78, 5) is 28.7. The first kappa shape index (κ1) is 17.1. The summed E-state index contributed by atoms with van der Waals surface area (Å²) in [5.41, 5.74) is 2.91. The van der Waals surface area contributed by atoms with Gasteiger partial charge in [-0.05, 0) is 41.0 Å². The predicted molar refractivity (Wildman–Crippen MR) is 113 cm³/mol. The van der Waals surface area contributed by atoms with Gasteiger partial charge in [-0.2, -0.15) is 0 Å². The number of benzene rings is 3. The molecule has 2 heterocycles. The van der Waals surface area contributed by atoms with E-state index in [1.807, 2.05) is 78.9 Å². The SMILES string of the molecule is O=C1C=C(c2ccc(Br)cc2)C[C@]2(c3ccccc3)C(=O)c3ccccc3N12. The molecule has 136 valence electrons. The fourth-order valence-electron chi connectivity index (χ4n) is 4.32. The Kier molecular flexibility index (Phi) is 3.84. The molecule has 0 N–H and O–H groups in total. The minimum Gasteiger partial charge on any atom is -0.291 e. The average molecular weight is 430 g/mol. The van der Waals surface area contributed by atoms with Crippen molar-refractivity contribution in [3.8, 4) is 0 Å². The molecule has 3 nitrogen and oxygen atoms in total. The fourth-order valence-corrected chi connectivity index (χ4v) is 4.59. The number of Topliss-reactive ketones (excluding diaryl/α,β-unsaturated/α-hetero) is 1. The van der Waals surface area contributed by atoms with Crippen molar-refractivity contribution >= 4 is 38.9 Å². The molecule has 0 spiro atoms. The lowest BCUT2D eigenvalue weighted by atomic mass is 9.76. The third kappa shape index (κ3) is 2.34. The van der Waals surface area contributed by atoms with E-state index in [-0.39, 0.29) is 11.7 Å². The quantitative estimate of drug-likeness (QED) is 0.549. The van der Waals surface area contributed by atoms with Gasteiger partial charge in [-0.3, -0.25) is 14.5 Å². The molecular formula is C24H16BrNO2. The van der Waals surface area contributed by atoms with Crippen LogP contribution in [0.1, 0.15) is 27.9 Å². The Morgan fingerprint density at radius 3 is 2.25 bits per heavy atom. The third-order valence-corrected chi connectivity index (χ3v) is 6.11. The van der Waals surface area contributed by atoms with E-state index in [9.17, 15) is 9.59 Å². The maximum atomic E-state index is 13.7. The van der Waals surface area contributed by atoms with Crippen molar-refractivity contribution in [3.05, 3.63) is 106 Å². The molecule has 0 saturated heterocycles. The van der Waals surface area contributed by atoms with Crippen molar-refractivity contribution in [1.29, 1.82) is 0 Å². The topological polar surface area (TPSA) is 37.4 Å². The van der Waals surface area contributed by atoms with Gasteiger partial charge in [0.1, 0.15) is 5.54 Å². The second-order valence-corrected chi connectivity index (χ2v) is 8.02. The summed E-state index contributed by atoms with van der Waals surface area (Å²) in [5, 5.41) is 0. The number of ketones is 1. The maximum absolute atomic E-state index is 13.7. The molecule has 0 aromatic heterocycles. The molecule has 0 bridgehead atoms. The largest absolute Gasteiger partial charge is 0.291 e. The number of nitrogens with zero attached hydrogens (tertiary/aromatic N) is 1. The van der Waals surface area contributed by atoms with Gasteiger partial charge in [0.25, 0.3) is 5.91 Å². The lowest BCUT2D eigenvalue weighted by Crippen LogP contribution is -2.52. The zero-order valence-corrected chi connectivity index (χ0v) is 16.5. The third-order valence-electron chi connectivity index (χ3n) is 5.58. The minimum atomic E-state index is -1.04. The number of fused-ring (bicyclic) bond motifs is 3. The van der Waals surface area contributed by atoms with E-state index in [0.29, 0.717) is 17.7 Å². The monoisotopic (exact) mass is 429 g/mol. The van der Waals surface area contributed by atoms with Crippen LogP contribution in [0.25, 0.3) is 5.57 Å². The molecule has 3 aromatic rings. The van der Waals surface area contributed by atoms with Gasteiger partial charge < -0.3 is 0 Å². The normalized spacial score (nSPS) is 20.6. The van der Waals surface area contributed by atoms with Gasteiger partial charge in [-0.15, -0.1) is 0 Å². The smallest absolute Gasteiger partial charge is 0.252 e. The Morgan fingerprint density at radius 1 is 0.821 bits per heavy atom. The van der Waals surface area contributed by atoms with Crippen molar-refractivity contribution in [1.82, 2.24) is 0 Å². The highest BCUT2D eigenvalue weighted by Crippen LogP contribution is 2.51. The highest BCUT2D eigenvalue weighted by Gasteiger charge is 2.56. The molecule has 28 heavy (non-hydrogen) atoms. The molecule has 2 aliphatic heterocycles. The van der Waals surface area contributed by atoms with Crippen LogP contribution in [0.4, 0.5) is 5.69 Å². The summed E-state index contributed by atoms with van der Waals surface area (Å²) >= 11 is 3.45. The summed E-state index contributed by atoms with van der Waals surface area (Å²) in [5.74, 6) is -0.184. The molecule has 3 aromatic carbocycles. The van der Waals surface area contributed by atoms with Gasteiger partial charge in [0, 0.05) is 22.5 Å².